The summed E-state index contributed by atoms with van der Waals surface area (Å²) in [6.07, 6.45) is 4.60. The van der Waals surface area contributed by atoms with E-state index in [-0.39, 0.29) is 17.9 Å². The monoisotopic (exact) mass is 503 g/mol. The van der Waals surface area contributed by atoms with E-state index in [9.17, 15) is 14.7 Å². The Morgan fingerprint density at radius 2 is 1.86 bits per heavy atom. The standard InChI is InChI=1S/C29H29NO7/c1-2-3-4-12-34-21-8-5-7-19(16-21)26-25(28(32)29(33)30(26)18-22-9-6-13-35-22)27(31)20-10-11-23-24(17-20)37-15-14-36-23/h5-11,13,16-17,26,31H,2-4,12,14-15,18H2,1H3. The lowest BCUT2D eigenvalue weighted by Gasteiger charge is -2.25. The summed E-state index contributed by atoms with van der Waals surface area (Å²) in [6, 6.07) is 14.9. The van der Waals surface area contributed by atoms with Crippen molar-refractivity contribution >= 4 is 17.4 Å². The highest BCUT2D eigenvalue weighted by atomic mass is 16.6. The molecule has 2 aromatic carbocycles. The number of benzene rings is 2. The van der Waals surface area contributed by atoms with E-state index in [4.69, 9.17) is 18.6 Å². The van der Waals surface area contributed by atoms with E-state index < -0.39 is 17.7 Å². The molecule has 5 rings (SSSR count). The summed E-state index contributed by atoms with van der Waals surface area (Å²) < 4.78 is 22.6. The number of hydrogen-bond acceptors (Lipinski definition) is 7. The average Bonchev–Trinajstić information content (AvgIpc) is 3.53. The molecule has 1 fully saturated rings. The SMILES string of the molecule is CCCCCOc1cccc(C2C(=C(O)c3ccc4c(c3)OCCO4)C(=O)C(=O)N2Cc2ccco2)c1. The van der Waals surface area contributed by atoms with Crippen molar-refractivity contribution in [1.29, 1.82) is 0 Å². The van der Waals surface area contributed by atoms with E-state index in [2.05, 4.69) is 6.92 Å². The van der Waals surface area contributed by atoms with Gasteiger partial charge in [-0.1, -0.05) is 31.9 Å². The van der Waals surface area contributed by atoms with Crippen molar-refractivity contribution in [1.82, 2.24) is 4.90 Å². The predicted octanol–water partition coefficient (Wildman–Crippen LogP) is 5.24. The fourth-order valence-electron chi connectivity index (χ4n) is 4.62. The van der Waals surface area contributed by atoms with E-state index >= 15 is 0 Å². The predicted molar refractivity (Wildman–Crippen MR) is 135 cm³/mol. The van der Waals surface area contributed by atoms with Crippen molar-refractivity contribution in [3.05, 3.63) is 83.3 Å². The van der Waals surface area contributed by atoms with Crippen LogP contribution in [0.2, 0.25) is 0 Å². The van der Waals surface area contributed by atoms with Crippen molar-refractivity contribution in [2.75, 3.05) is 19.8 Å². The molecule has 8 nitrogen and oxygen atoms in total. The Kier molecular flexibility index (Phi) is 7.16. The minimum Gasteiger partial charge on any atom is -0.507 e. The molecule has 1 aromatic heterocycles. The molecular weight excluding hydrogens is 474 g/mol. The van der Waals surface area contributed by atoms with E-state index in [0.717, 1.165) is 19.3 Å². The second-order valence-corrected chi connectivity index (χ2v) is 8.99. The Morgan fingerprint density at radius 3 is 2.65 bits per heavy atom. The smallest absolute Gasteiger partial charge is 0.296 e. The van der Waals surface area contributed by atoms with Gasteiger partial charge < -0.3 is 28.6 Å². The number of furan rings is 1. The van der Waals surface area contributed by atoms with Crippen LogP contribution in [0.4, 0.5) is 0 Å². The van der Waals surface area contributed by atoms with Crippen LogP contribution in [-0.2, 0) is 16.1 Å². The molecule has 0 radical (unpaired) electrons. The lowest BCUT2D eigenvalue weighted by atomic mass is 9.95. The van der Waals surface area contributed by atoms with Gasteiger partial charge in [0.05, 0.1) is 31.0 Å². The van der Waals surface area contributed by atoms with Gasteiger partial charge >= 0.3 is 0 Å². The van der Waals surface area contributed by atoms with Crippen LogP contribution in [0.3, 0.4) is 0 Å². The minimum atomic E-state index is -0.836. The van der Waals surface area contributed by atoms with Crippen LogP contribution in [0.1, 0.15) is 49.1 Å². The maximum absolute atomic E-state index is 13.3. The van der Waals surface area contributed by atoms with Crippen LogP contribution < -0.4 is 14.2 Å². The Hall–Kier alpha value is -4.20. The first-order chi connectivity index (χ1) is 18.1. The number of carbonyl (C=O) groups excluding carboxylic acids is 2. The van der Waals surface area contributed by atoms with E-state index in [1.165, 1.54) is 11.2 Å². The van der Waals surface area contributed by atoms with Gasteiger partial charge in [-0.05, 0) is 54.4 Å². The number of aliphatic hydroxyl groups is 1. The van der Waals surface area contributed by atoms with Gasteiger partial charge in [0.25, 0.3) is 11.7 Å². The summed E-state index contributed by atoms with van der Waals surface area (Å²) >= 11 is 0. The van der Waals surface area contributed by atoms with Gasteiger partial charge in [-0.25, -0.2) is 0 Å². The third kappa shape index (κ3) is 5.05. The Bertz CT molecular complexity index is 1310. The number of ether oxygens (including phenoxy) is 3. The normalized spacial score (nSPS) is 18.3. The number of ketones is 1. The van der Waals surface area contributed by atoms with Crippen LogP contribution in [0.5, 0.6) is 17.2 Å². The molecule has 0 spiro atoms. The van der Waals surface area contributed by atoms with Crippen LogP contribution in [0, 0.1) is 0 Å². The van der Waals surface area contributed by atoms with Crippen LogP contribution in [0.25, 0.3) is 5.76 Å². The minimum absolute atomic E-state index is 0.00336. The van der Waals surface area contributed by atoms with Gasteiger partial charge in [-0.2, -0.15) is 0 Å². The first-order valence-electron chi connectivity index (χ1n) is 12.5. The molecule has 0 aliphatic carbocycles. The molecule has 8 heteroatoms. The largest absolute Gasteiger partial charge is 0.507 e. The van der Waals surface area contributed by atoms with Crippen LogP contribution in [-0.4, -0.2) is 41.5 Å². The Balaban J connectivity index is 1.56. The number of fused-ring (bicyclic) bond motifs is 1. The number of Topliss-reactive ketones (excluding diaryl/α,β-unsaturated/α-hetero) is 1. The molecule has 37 heavy (non-hydrogen) atoms. The summed E-state index contributed by atoms with van der Waals surface area (Å²) in [5.41, 5.74) is 1.01. The summed E-state index contributed by atoms with van der Waals surface area (Å²) in [4.78, 5) is 28.0. The highest BCUT2D eigenvalue weighted by molar-refractivity contribution is 6.46. The number of unbranched alkanes of at least 4 members (excludes halogenated alkanes) is 2. The molecule has 0 saturated carbocycles. The number of nitrogens with zero attached hydrogens (tertiary/aromatic N) is 1. The lowest BCUT2D eigenvalue weighted by Crippen LogP contribution is -2.29. The number of carbonyl (C=O) groups is 2. The van der Waals surface area contributed by atoms with Crippen molar-refractivity contribution in [2.24, 2.45) is 0 Å². The zero-order valence-corrected chi connectivity index (χ0v) is 20.6. The zero-order chi connectivity index (χ0) is 25.8. The second-order valence-electron chi connectivity index (χ2n) is 8.99. The first kappa shape index (κ1) is 24.5. The van der Waals surface area contributed by atoms with Gasteiger partial charge in [0, 0.05) is 5.56 Å². The third-order valence-electron chi connectivity index (χ3n) is 6.45. The quantitative estimate of drug-likeness (QED) is 0.184. The molecule has 192 valence electrons. The number of hydrogen-bond donors (Lipinski definition) is 1. The molecule has 1 N–H and O–H groups in total. The number of aliphatic hydroxyl groups excluding tert-OH is 1. The molecule has 1 saturated heterocycles. The first-order valence-corrected chi connectivity index (χ1v) is 12.5. The second kappa shape index (κ2) is 10.8. The molecule has 0 bridgehead atoms. The Labute approximate surface area is 215 Å². The topological polar surface area (TPSA) is 98.4 Å². The van der Waals surface area contributed by atoms with Crippen molar-refractivity contribution in [2.45, 2.75) is 38.8 Å². The molecule has 1 unspecified atom stereocenters. The third-order valence-corrected chi connectivity index (χ3v) is 6.45. The summed E-state index contributed by atoms with van der Waals surface area (Å²) in [5, 5.41) is 11.4. The molecule has 1 amide bonds. The molecular formula is C29H29NO7. The fourth-order valence-corrected chi connectivity index (χ4v) is 4.62. The lowest BCUT2D eigenvalue weighted by molar-refractivity contribution is -0.140. The van der Waals surface area contributed by atoms with Crippen molar-refractivity contribution in [3.8, 4) is 17.2 Å². The maximum atomic E-state index is 13.3. The molecule has 2 aliphatic heterocycles. The molecule has 1 atom stereocenters. The van der Waals surface area contributed by atoms with E-state index in [1.807, 2.05) is 24.3 Å². The molecule has 2 aliphatic rings. The van der Waals surface area contributed by atoms with Crippen molar-refractivity contribution in [3.63, 3.8) is 0 Å². The summed E-state index contributed by atoms with van der Waals surface area (Å²) in [7, 11) is 0. The van der Waals surface area contributed by atoms with E-state index in [0.29, 0.717) is 54.0 Å². The highest BCUT2D eigenvalue weighted by Gasteiger charge is 2.46. The number of likely N-dealkylation sites (tertiary alicyclic amines) is 1. The van der Waals surface area contributed by atoms with Crippen molar-refractivity contribution < 1.29 is 33.3 Å². The number of rotatable bonds is 9. The average molecular weight is 504 g/mol. The molecule has 3 aromatic rings. The van der Waals surface area contributed by atoms with Gasteiger partial charge in [0.15, 0.2) is 11.5 Å². The molecule has 3 heterocycles. The van der Waals surface area contributed by atoms with E-state index in [1.54, 1.807) is 30.3 Å². The fraction of sp³-hybridized carbons (Fsp3) is 0.310. The van der Waals surface area contributed by atoms with Crippen LogP contribution in [0.15, 0.2) is 70.9 Å². The van der Waals surface area contributed by atoms with Gasteiger partial charge in [-0.3, -0.25) is 9.59 Å². The zero-order valence-electron chi connectivity index (χ0n) is 20.6. The van der Waals surface area contributed by atoms with Gasteiger partial charge in [0.1, 0.15) is 30.5 Å². The summed E-state index contributed by atoms with van der Waals surface area (Å²) in [5.74, 6) is 0.434. The summed E-state index contributed by atoms with van der Waals surface area (Å²) in [6.45, 7) is 3.59. The Morgan fingerprint density at radius 1 is 1.03 bits per heavy atom. The van der Waals surface area contributed by atoms with Gasteiger partial charge in [-0.15, -0.1) is 0 Å². The highest BCUT2D eigenvalue weighted by Crippen LogP contribution is 2.42. The van der Waals surface area contributed by atoms with Crippen LogP contribution >= 0.6 is 0 Å². The van der Waals surface area contributed by atoms with Gasteiger partial charge in [0.2, 0.25) is 0 Å². The number of amides is 1. The maximum Gasteiger partial charge on any atom is 0.296 e.